The Morgan fingerprint density at radius 2 is 2.29 bits per heavy atom. The van der Waals surface area contributed by atoms with E-state index in [0.29, 0.717) is 24.2 Å². The topological polar surface area (TPSA) is 69.6 Å². The number of aliphatic hydroxyl groups excluding tert-OH is 1. The van der Waals surface area contributed by atoms with Crippen molar-refractivity contribution in [2.24, 2.45) is 0 Å². The number of carbonyl (C=O) groups is 2. The van der Waals surface area contributed by atoms with Crippen molar-refractivity contribution in [1.29, 1.82) is 0 Å². The highest BCUT2D eigenvalue weighted by Crippen LogP contribution is 2.13. The molecule has 0 aromatic heterocycles. The lowest BCUT2D eigenvalue weighted by molar-refractivity contribution is -0.121. The summed E-state index contributed by atoms with van der Waals surface area (Å²) < 4.78 is 0. The van der Waals surface area contributed by atoms with E-state index in [1.165, 1.54) is 0 Å². The van der Waals surface area contributed by atoms with Gasteiger partial charge >= 0.3 is 0 Å². The Balaban J connectivity index is 2.24. The maximum absolute atomic E-state index is 12.5. The fraction of sp³-hybridized carbons (Fsp3) is 0.375. The summed E-state index contributed by atoms with van der Waals surface area (Å²) in [5.74, 6) is 5.12. The van der Waals surface area contributed by atoms with E-state index < -0.39 is 0 Å². The number of amides is 2. The van der Waals surface area contributed by atoms with Gasteiger partial charge in [-0.15, -0.1) is 0 Å². The van der Waals surface area contributed by atoms with Crippen molar-refractivity contribution >= 4 is 11.8 Å². The third kappa shape index (κ3) is 3.83. The molecule has 2 amide bonds. The van der Waals surface area contributed by atoms with Gasteiger partial charge in [0, 0.05) is 24.2 Å². The van der Waals surface area contributed by atoms with Crippen LogP contribution in [-0.2, 0) is 4.79 Å². The fourth-order valence-electron chi connectivity index (χ4n) is 2.19. The molecule has 1 heterocycles. The van der Waals surface area contributed by atoms with Crippen LogP contribution in [0.2, 0.25) is 0 Å². The van der Waals surface area contributed by atoms with Gasteiger partial charge in [0.2, 0.25) is 5.91 Å². The molecular weight excluding hydrogens is 268 g/mol. The number of benzene rings is 1. The van der Waals surface area contributed by atoms with Crippen molar-refractivity contribution in [2.75, 3.05) is 26.2 Å². The summed E-state index contributed by atoms with van der Waals surface area (Å²) in [5, 5.41) is 11.5. The summed E-state index contributed by atoms with van der Waals surface area (Å²) in [4.78, 5) is 25.6. The molecule has 1 aliphatic heterocycles. The van der Waals surface area contributed by atoms with E-state index in [1.807, 2.05) is 13.0 Å². The lowest BCUT2D eigenvalue weighted by Gasteiger charge is -2.19. The number of hydrogen-bond acceptors (Lipinski definition) is 3. The number of rotatable bonds is 1. The molecule has 0 bridgehead atoms. The maximum Gasteiger partial charge on any atom is 0.254 e. The van der Waals surface area contributed by atoms with Crippen LogP contribution in [0.15, 0.2) is 18.2 Å². The van der Waals surface area contributed by atoms with Crippen LogP contribution in [0.25, 0.3) is 0 Å². The van der Waals surface area contributed by atoms with Gasteiger partial charge in [0.15, 0.2) is 0 Å². The van der Waals surface area contributed by atoms with E-state index in [1.54, 1.807) is 17.0 Å². The minimum absolute atomic E-state index is 0.0877. The summed E-state index contributed by atoms with van der Waals surface area (Å²) in [6.07, 6.45) is 0.751. The number of aliphatic hydroxyl groups is 1. The Hall–Kier alpha value is -2.32. The number of hydrogen-bond donors (Lipinski definition) is 2. The van der Waals surface area contributed by atoms with E-state index in [-0.39, 0.29) is 25.0 Å². The predicted octanol–water partition coefficient (Wildman–Crippen LogP) is 0.301. The second-order valence-corrected chi connectivity index (χ2v) is 4.92. The summed E-state index contributed by atoms with van der Waals surface area (Å²) in [6, 6.07) is 5.28. The second-order valence-electron chi connectivity index (χ2n) is 4.92. The third-order valence-electron chi connectivity index (χ3n) is 3.34. The summed E-state index contributed by atoms with van der Waals surface area (Å²) >= 11 is 0. The van der Waals surface area contributed by atoms with E-state index in [9.17, 15) is 9.59 Å². The van der Waals surface area contributed by atoms with Crippen molar-refractivity contribution in [1.82, 2.24) is 10.2 Å². The molecule has 2 rings (SSSR count). The molecule has 21 heavy (non-hydrogen) atoms. The molecule has 5 nitrogen and oxygen atoms in total. The van der Waals surface area contributed by atoms with Crippen molar-refractivity contribution in [3.63, 3.8) is 0 Å². The largest absolute Gasteiger partial charge is 0.384 e. The van der Waals surface area contributed by atoms with Gasteiger partial charge in [-0.05, 0) is 31.0 Å². The van der Waals surface area contributed by atoms with Crippen molar-refractivity contribution in [3.05, 3.63) is 34.9 Å². The van der Waals surface area contributed by atoms with Gasteiger partial charge in [-0.2, -0.15) is 0 Å². The Kier molecular flexibility index (Phi) is 4.96. The molecule has 1 saturated heterocycles. The van der Waals surface area contributed by atoms with Crippen LogP contribution in [0.5, 0.6) is 0 Å². The first-order valence-electron chi connectivity index (χ1n) is 6.88. The third-order valence-corrected chi connectivity index (χ3v) is 3.34. The van der Waals surface area contributed by atoms with Crippen molar-refractivity contribution in [2.45, 2.75) is 13.3 Å². The van der Waals surface area contributed by atoms with Crippen LogP contribution >= 0.6 is 0 Å². The zero-order valence-electron chi connectivity index (χ0n) is 12.0. The molecule has 110 valence electrons. The highest BCUT2D eigenvalue weighted by atomic mass is 16.2. The van der Waals surface area contributed by atoms with Crippen molar-refractivity contribution < 1.29 is 14.7 Å². The van der Waals surface area contributed by atoms with Crippen LogP contribution in [0.4, 0.5) is 0 Å². The Bertz CT molecular complexity index is 614. The minimum atomic E-state index is -0.218. The summed E-state index contributed by atoms with van der Waals surface area (Å²) in [6.45, 7) is 2.93. The van der Waals surface area contributed by atoms with Gasteiger partial charge in [0.1, 0.15) is 6.61 Å². The second kappa shape index (κ2) is 6.91. The van der Waals surface area contributed by atoms with E-state index in [4.69, 9.17) is 5.11 Å². The molecule has 5 heteroatoms. The molecule has 0 unspecified atom stereocenters. The highest BCUT2D eigenvalue weighted by Gasteiger charge is 2.21. The van der Waals surface area contributed by atoms with Crippen LogP contribution < -0.4 is 5.32 Å². The van der Waals surface area contributed by atoms with Crippen LogP contribution in [0.1, 0.15) is 27.9 Å². The molecule has 1 aromatic carbocycles. The number of nitrogens with one attached hydrogen (secondary N) is 1. The molecule has 0 radical (unpaired) electrons. The van der Waals surface area contributed by atoms with Gasteiger partial charge < -0.3 is 15.3 Å². The molecular formula is C16H18N2O3. The molecule has 0 spiro atoms. The van der Waals surface area contributed by atoms with Gasteiger partial charge in [-0.1, -0.05) is 17.9 Å². The minimum Gasteiger partial charge on any atom is -0.384 e. The first kappa shape index (κ1) is 15.1. The van der Waals surface area contributed by atoms with Crippen molar-refractivity contribution in [3.8, 4) is 11.8 Å². The normalized spacial score (nSPS) is 14.8. The van der Waals surface area contributed by atoms with E-state index in [0.717, 1.165) is 12.0 Å². The molecule has 1 fully saturated rings. The quantitative estimate of drug-likeness (QED) is 0.730. The Morgan fingerprint density at radius 3 is 3.05 bits per heavy atom. The number of carbonyl (C=O) groups excluding carboxylic acids is 2. The molecule has 2 N–H and O–H groups in total. The fourth-order valence-corrected chi connectivity index (χ4v) is 2.19. The van der Waals surface area contributed by atoms with Gasteiger partial charge in [-0.25, -0.2) is 0 Å². The standard InChI is InChI=1S/C16H18N2O3/c1-12-5-6-14(10-13(12)4-2-9-19)16(21)18-8-3-7-17-15(20)11-18/h5-6,10,19H,3,7-9,11H2,1H3,(H,17,20). The summed E-state index contributed by atoms with van der Waals surface area (Å²) in [7, 11) is 0. The van der Waals surface area contributed by atoms with Gasteiger partial charge in [-0.3, -0.25) is 9.59 Å². The lowest BCUT2D eigenvalue weighted by Crippen LogP contribution is -2.37. The number of nitrogens with zero attached hydrogens (tertiary/aromatic N) is 1. The van der Waals surface area contributed by atoms with Gasteiger partial charge in [0.05, 0.1) is 6.54 Å². The molecule has 1 aliphatic rings. The molecule has 0 saturated carbocycles. The van der Waals surface area contributed by atoms with E-state index in [2.05, 4.69) is 17.2 Å². The highest BCUT2D eigenvalue weighted by molar-refractivity contribution is 5.97. The van der Waals surface area contributed by atoms with Gasteiger partial charge in [0.25, 0.3) is 5.91 Å². The zero-order chi connectivity index (χ0) is 15.2. The van der Waals surface area contributed by atoms with E-state index >= 15 is 0 Å². The first-order valence-corrected chi connectivity index (χ1v) is 6.88. The number of aryl methyl sites for hydroxylation is 1. The SMILES string of the molecule is Cc1ccc(C(=O)N2CCCNC(=O)C2)cc1C#CCO. The van der Waals surface area contributed by atoms with Crippen LogP contribution in [0, 0.1) is 18.8 Å². The lowest BCUT2D eigenvalue weighted by atomic mass is 10.0. The zero-order valence-corrected chi connectivity index (χ0v) is 12.0. The summed E-state index contributed by atoms with van der Waals surface area (Å²) in [5.41, 5.74) is 2.17. The molecule has 0 atom stereocenters. The molecule has 0 aliphatic carbocycles. The van der Waals surface area contributed by atoms with Crippen LogP contribution in [-0.4, -0.2) is 48.1 Å². The molecule has 1 aromatic rings. The monoisotopic (exact) mass is 286 g/mol. The Labute approximate surface area is 124 Å². The average molecular weight is 286 g/mol. The Morgan fingerprint density at radius 1 is 1.48 bits per heavy atom. The predicted molar refractivity (Wildman–Crippen MR) is 78.7 cm³/mol. The first-order chi connectivity index (χ1) is 10.1. The average Bonchev–Trinajstić information content (AvgIpc) is 2.70. The van der Waals surface area contributed by atoms with Crippen LogP contribution in [0.3, 0.4) is 0 Å². The maximum atomic E-state index is 12.5. The smallest absolute Gasteiger partial charge is 0.254 e.